The zero-order chi connectivity index (χ0) is 24.0. The molecule has 1 aromatic rings. The van der Waals surface area contributed by atoms with Gasteiger partial charge in [-0.15, -0.1) is 0 Å². The van der Waals surface area contributed by atoms with Gasteiger partial charge in [0.25, 0.3) is 0 Å². The highest BCUT2D eigenvalue weighted by molar-refractivity contribution is 5.91. The highest BCUT2D eigenvalue weighted by Crippen LogP contribution is 2.33. The minimum Gasteiger partial charge on any atom is -0.467 e. The quantitative estimate of drug-likeness (QED) is 0.427. The first kappa shape index (κ1) is 24.6. The van der Waals surface area contributed by atoms with Crippen molar-refractivity contribution in [3.8, 4) is 0 Å². The van der Waals surface area contributed by atoms with Gasteiger partial charge in [0.15, 0.2) is 0 Å². The summed E-state index contributed by atoms with van der Waals surface area (Å²) in [5.41, 5.74) is 0.339. The highest BCUT2D eigenvalue weighted by atomic mass is 19.1. The number of esters is 1. The number of aryl methyl sites for hydroxylation is 1. The van der Waals surface area contributed by atoms with Crippen molar-refractivity contribution in [3.63, 3.8) is 0 Å². The maximum atomic E-state index is 13.3. The molecule has 1 heterocycles. The molecule has 8 nitrogen and oxygen atoms in total. The highest BCUT2D eigenvalue weighted by Gasteiger charge is 2.35. The molecule has 1 aliphatic carbocycles. The normalized spacial score (nSPS) is 19.4. The first-order valence-corrected chi connectivity index (χ1v) is 11.2. The molecule has 1 aromatic carbocycles. The van der Waals surface area contributed by atoms with Gasteiger partial charge in [-0.05, 0) is 49.3 Å². The Labute approximate surface area is 190 Å². The third kappa shape index (κ3) is 7.50. The number of methoxy groups -OCH3 is 1. The number of amides is 3. The Bertz CT molecular complexity index is 886. The molecule has 3 amide bonds. The minimum absolute atomic E-state index is 0.0555. The number of carbonyl (C=O) groups excluding carboxylic acids is 4. The number of halogens is 2. The van der Waals surface area contributed by atoms with Crippen LogP contribution in [0.5, 0.6) is 0 Å². The molecule has 0 bridgehead atoms. The van der Waals surface area contributed by atoms with Crippen LogP contribution in [0, 0.1) is 23.5 Å². The van der Waals surface area contributed by atoms with Gasteiger partial charge in [-0.1, -0.05) is 12.8 Å². The Morgan fingerprint density at radius 1 is 1.06 bits per heavy atom. The van der Waals surface area contributed by atoms with Crippen molar-refractivity contribution >= 4 is 23.7 Å². The lowest BCUT2D eigenvalue weighted by Crippen LogP contribution is -2.52. The standard InChI is InChI=1S/C23H29F2N3O5/c1-33-23(32)19(11-15-6-7-26-21(15)30)28-22(31)18(10-13-2-3-13)27-20(29)5-4-14-8-16(24)12-17(25)9-14/h8-9,12-13,15,18-19H,2-7,10-11H2,1H3,(H,26,30)(H,27,29)(H,28,31)/t15-,18?,19?/m0/s1. The predicted molar refractivity (Wildman–Crippen MR) is 114 cm³/mol. The lowest BCUT2D eigenvalue weighted by Gasteiger charge is -2.23. The lowest BCUT2D eigenvalue weighted by atomic mass is 9.97. The fourth-order valence-electron chi connectivity index (χ4n) is 3.98. The first-order valence-electron chi connectivity index (χ1n) is 11.2. The topological polar surface area (TPSA) is 114 Å². The van der Waals surface area contributed by atoms with Crippen LogP contribution in [0.3, 0.4) is 0 Å². The van der Waals surface area contributed by atoms with Crippen molar-refractivity contribution in [1.82, 2.24) is 16.0 Å². The fourth-order valence-corrected chi connectivity index (χ4v) is 3.98. The SMILES string of the molecule is COC(=O)C(C[C@@H]1CCNC1=O)NC(=O)C(CC1CC1)NC(=O)CCc1cc(F)cc(F)c1. The van der Waals surface area contributed by atoms with Gasteiger partial charge in [-0.3, -0.25) is 14.4 Å². The largest absolute Gasteiger partial charge is 0.467 e. The molecule has 3 atom stereocenters. The second-order valence-electron chi connectivity index (χ2n) is 8.67. The summed E-state index contributed by atoms with van der Waals surface area (Å²) < 4.78 is 31.5. The lowest BCUT2D eigenvalue weighted by molar-refractivity contribution is -0.146. The molecule has 0 aromatic heterocycles. The zero-order valence-electron chi connectivity index (χ0n) is 18.5. The van der Waals surface area contributed by atoms with E-state index in [0.717, 1.165) is 31.0 Å². The smallest absolute Gasteiger partial charge is 0.328 e. The van der Waals surface area contributed by atoms with E-state index in [2.05, 4.69) is 16.0 Å². The van der Waals surface area contributed by atoms with E-state index in [1.165, 1.54) is 7.11 Å². The molecule has 3 N–H and O–H groups in total. The second kappa shape index (κ2) is 11.2. The van der Waals surface area contributed by atoms with E-state index in [0.29, 0.717) is 30.9 Å². The van der Waals surface area contributed by atoms with Crippen molar-refractivity contribution < 1.29 is 32.7 Å². The average Bonchev–Trinajstić information content (AvgIpc) is 3.50. The van der Waals surface area contributed by atoms with Crippen molar-refractivity contribution in [3.05, 3.63) is 35.4 Å². The van der Waals surface area contributed by atoms with Gasteiger partial charge in [0.1, 0.15) is 23.7 Å². The zero-order valence-corrected chi connectivity index (χ0v) is 18.5. The Morgan fingerprint density at radius 2 is 1.76 bits per heavy atom. The van der Waals surface area contributed by atoms with Crippen LogP contribution in [0.2, 0.25) is 0 Å². The summed E-state index contributed by atoms with van der Waals surface area (Å²) in [5, 5.41) is 8.01. The molecule has 180 valence electrons. The summed E-state index contributed by atoms with van der Waals surface area (Å²) in [5.74, 6) is -3.34. The fraction of sp³-hybridized carbons (Fsp3) is 0.565. The molecule has 0 radical (unpaired) electrons. The second-order valence-corrected chi connectivity index (χ2v) is 8.67. The van der Waals surface area contributed by atoms with Crippen LogP contribution in [0.1, 0.15) is 44.1 Å². The van der Waals surface area contributed by atoms with E-state index in [9.17, 15) is 28.0 Å². The number of hydrogen-bond acceptors (Lipinski definition) is 5. The molecule has 33 heavy (non-hydrogen) atoms. The number of carbonyl (C=O) groups is 4. The van der Waals surface area contributed by atoms with Crippen LogP contribution in [0.15, 0.2) is 18.2 Å². The van der Waals surface area contributed by atoms with Crippen molar-refractivity contribution in [2.24, 2.45) is 11.8 Å². The van der Waals surface area contributed by atoms with Crippen LogP contribution in [0.25, 0.3) is 0 Å². The van der Waals surface area contributed by atoms with Crippen LogP contribution >= 0.6 is 0 Å². The number of benzene rings is 1. The van der Waals surface area contributed by atoms with Gasteiger partial charge >= 0.3 is 5.97 Å². The Kier molecular flexibility index (Phi) is 8.35. The van der Waals surface area contributed by atoms with Crippen molar-refractivity contribution in [2.45, 2.75) is 57.0 Å². The van der Waals surface area contributed by atoms with Crippen molar-refractivity contribution in [1.29, 1.82) is 0 Å². The van der Waals surface area contributed by atoms with Crippen molar-refractivity contribution in [2.75, 3.05) is 13.7 Å². The maximum Gasteiger partial charge on any atom is 0.328 e. The van der Waals surface area contributed by atoms with Gasteiger partial charge in [-0.25, -0.2) is 13.6 Å². The molecule has 1 saturated heterocycles. The van der Waals surface area contributed by atoms with E-state index < -0.39 is 47.4 Å². The number of nitrogens with one attached hydrogen (secondary N) is 3. The maximum absolute atomic E-state index is 13.3. The minimum atomic E-state index is -1.01. The van der Waals surface area contributed by atoms with Crippen LogP contribution in [-0.2, 0) is 30.3 Å². The third-order valence-corrected chi connectivity index (χ3v) is 5.97. The van der Waals surface area contributed by atoms with E-state index in [-0.39, 0.29) is 25.2 Å². The summed E-state index contributed by atoms with van der Waals surface area (Å²) in [6.45, 7) is 0.515. The molecular weight excluding hydrogens is 436 g/mol. The monoisotopic (exact) mass is 465 g/mol. The summed E-state index contributed by atoms with van der Waals surface area (Å²) >= 11 is 0. The molecular formula is C23H29F2N3O5. The molecule has 2 aliphatic rings. The van der Waals surface area contributed by atoms with Crippen LogP contribution in [-0.4, -0.2) is 49.4 Å². The molecule has 2 unspecified atom stereocenters. The summed E-state index contributed by atoms with van der Waals surface area (Å²) in [6.07, 6.45) is 3.05. The number of hydrogen-bond donors (Lipinski definition) is 3. The van der Waals surface area contributed by atoms with E-state index in [1.54, 1.807) is 0 Å². The Balaban J connectivity index is 1.59. The summed E-state index contributed by atoms with van der Waals surface area (Å²) in [6, 6.07) is 1.20. The molecule has 0 spiro atoms. The number of rotatable bonds is 11. The Morgan fingerprint density at radius 3 is 2.33 bits per heavy atom. The van der Waals surface area contributed by atoms with Gasteiger partial charge in [0.05, 0.1) is 7.11 Å². The Hall–Kier alpha value is -3.04. The van der Waals surface area contributed by atoms with Crippen LogP contribution < -0.4 is 16.0 Å². The first-order chi connectivity index (χ1) is 15.7. The predicted octanol–water partition coefficient (Wildman–Crippen LogP) is 1.37. The van der Waals surface area contributed by atoms with Crippen LogP contribution in [0.4, 0.5) is 8.78 Å². The molecule has 1 saturated carbocycles. The molecule has 1 aliphatic heterocycles. The van der Waals surface area contributed by atoms with Gasteiger partial charge < -0.3 is 20.7 Å². The van der Waals surface area contributed by atoms with E-state index >= 15 is 0 Å². The van der Waals surface area contributed by atoms with Gasteiger partial charge in [0, 0.05) is 24.9 Å². The summed E-state index contributed by atoms with van der Waals surface area (Å²) in [4.78, 5) is 49.5. The number of ether oxygens (including phenoxy) is 1. The van der Waals surface area contributed by atoms with Gasteiger partial charge in [-0.2, -0.15) is 0 Å². The van der Waals surface area contributed by atoms with Gasteiger partial charge in [0.2, 0.25) is 17.7 Å². The van der Waals surface area contributed by atoms with E-state index in [1.807, 2.05) is 0 Å². The summed E-state index contributed by atoms with van der Waals surface area (Å²) in [7, 11) is 1.20. The molecule has 2 fully saturated rings. The molecule has 10 heteroatoms. The van der Waals surface area contributed by atoms with E-state index in [4.69, 9.17) is 4.74 Å². The molecule has 3 rings (SSSR count). The average molecular weight is 465 g/mol. The third-order valence-electron chi connectivity index (χ3n) is 5.97.